The molecule has 10 heteroatoms. The van der Waals surface area contributed by atoms with Crippen LogP contribution in [0.15, 0.2) is 73.6 Å². The number of nitrogens with one attached hydrogen (secondary N) is 3. The number of halogens is 1. The Morgan fingerprint density at radius 1 is 1.19 bits per heavy atom. The van der Waals surface area contributed by atoms with Gasteiger partial charge in [-0.25, -0.2) is 14.4 Å². The molecule has 1 amide bonds. The first-order chi connectivity index (χ1) is 18.1. The Morgan fingerprint density at radius 2 is 2.03 bits per heavy atom. The second-order valence-corrected chi connectivity index (χ2v) is 8.51. The summed E-state index contributed by atoms with van der Waals surface area (Å²) >= 11 is 0. The van der Waals surface area contributed by atoms with Crippen molar-refractivity contribution in [3.63, 3.8) is 0 Å². The monoisotopic (exact) mass is 499 g/mol. The molecule has 3 heterocycles. The van der Waals surface area contributed by atoms with E-state index in [1.54, 1.807) is 24.4 Å². The van der Waals surface area contributed by atoms with Crippen molar-refractivity contribution in [3.05, 3.63) is 85.0 Å². The number of fused-ring (bicyclic) bond motifs is 1. The number of amides is 1. The molecule has 1 unspecified atom stereocenters. The van der Waals surface area contributed by atoms with Crippen LogP contribution >= 0.6 is 0 Å². The highest BCUT2D eigenvalue weighted by Gasteiger charge is 2.25. The average Bonchev–Trinajstić information content (AvgIpc) is 2.93. The smallest absolute Gasteiger partial charge is 0.247 e. The average molecular weight is 500 g/mol. The molecule has 2 aromatic heterocycles. The molecule has 1 aliphatic rings. The number of rotatable bonds is 7. The van der Waals surface area contributed by atoms with E-state index in [0.29, 0.717) is 41.4 Å². The number of hydrogen-bond acceptors (Lipinski definition) is 8. The largest absolute Gasteiger partial charge is 0.371 e. The van der Waals surface area contributed by atoms with Gasteiger partial charge in [-0.2, -0.15) is 0 Å². The zero-order valence-corrected chi connectivity index (χ0v) is 19.9. The first-order valence-electron chi connectivity index (χ1n) is 11.8. The summed E-state index contributed by atoms with van der Waals surface area (Å²) in [6.07, 6.45) is 4.16. The van der Waals surface area contributed by atoms with Crippen LogP contribution in [0.2, 0.25) is 0 Å². The van der Waals surface area contributed by atoms with Crippen molar-refractivity contribution in [1.82, 2.24) is 20.3 Å². The van der Waals surface area contributed by atoms with Gasteiger partial charge in [0, 0.05) is 48.3 Å². The van der Waals surface area contributed by atoms with Crippen LogP contribution in [0.25, 0.3) is 22.2 Å². The zero-order chi connectivity index (χ0) is 25.8. The quantitative estimate of drug-likeness (QED) is 0.284. The van der Waals surface area contributed by atoms with Crippen molar-refractivity contribution in [1.29, 1.82) is 0 Å². The SMILES string of the molecule is C=CC(=O)Nc1ccnc(-c2c(F)ccc3cnc(Nc4ccc([C@@H]5OCCNC5CN)cc4)nc23)c1. The molecule has 9 nitrogen and oxygen atoms in total. The first-order valence-corrected chi connectivity index (χ1v) is 11.8. The lowest BCUT2D eigenvalue weighted by Gasteiger charge is -2.32. The fourth-order valence-electron chi connectivity index (χ4n) is 4.29. The third-order valence-electron chi connectivity index (χ3n) is 6.09. The molecule has 1 aliphatic heterocycles. The number of nitrogens with zero attached hydrogens (tertiary/aromatic N) is 3. The minimum Gasteiger partial charge on any atom is -0.371 e. The maximum atomic E-state index is 15.1. The van der Waals surface area contributed by atoms with Crippen LogP contribution in [-0.2, 0) is 9.53 Å². The Kier molecular flexibility index (Phi) is 7.13. The van der Waals surface area contributed by atoms with Gasteiger partial charge in [0.1, 0.15) is 5.82 Å². The van der Waals surface area contributed by atoms with Crippen LogP contribution in [0.4, 0.5) is 21.7 Å². The van der Waals surface area contributed by atoms with Gasteiger partial charge < -0.3 is 26.4 Å². The highest BCUT2D eigenvalue weighted by molar-refractivity contribution is 6.00. The molecule has 5 N–H and O–H groups in total. The van der Waals surface area contributed by atoms with Gasteiger partial charge in [0.15, 0.2) is 0 Å². The van der Waals surface area contributed by atoms with Gasteiger partial charge in [-0.3, -0.25) is 9.78 Å². The molecule has 2 atom stereocenters. The van der Waals surface area contributed by atoms with E-state index in [2.05, 4.69) is 37.5 Å². The molecule has 0 radical (unpaired) electrons. The first kappa shape index (κ1) is 24.4. The Hall–Kier alpha value is -4.25. The normalized spacial score (nSPS) is 17.4. The second-order valence-electron chi connectivity index (χ2n) is 8.51. The predicted octanol–water partition coefficient (Wildman–Crippen LogP) is 3.69. The van der Waals surface area contributed by atoms with Crippen LogP contribution in [0.3, 0.4) is 0 Å². The lowest BCUT2D eigenvalue weighted by molar-refractivity contribution is -0.111. The molecule has 1 saturated heterocycles. The van der Waals surface area contributed by atoms with E-state index in [-0.39, 0.29) is 23.6 Å². The molecular formula is C27H26FN7O2. The molecule has 0 aliphatic carbocycles. The molecule has 37 heavy (non-hydrogen) atoms. The molecule has 188 valence electrons. The van der Waals surface area contributed by atoms with Crippen LogP contribution in [0.1, 0.15) is 11.7 Å². The number of anilines is 3. The van der Waals surface area contributed by atoms with Gasteiger partial charge in [0.25, 0.3) is 0 Å². The molecule has 0 bridgehead atoms. The Morgan fingerprint density at radius 3 is 2.81 bits per heavy atom. The summed E-state index contributed by atoms with van der Waals surface area (Å²) < 4.78 is 21.0. The molecule has 5 rings (SSSR count). The van der Waals surface area contributed by atoms with Gasteiger partial charge in [0.05, 0.1) is 29.5 Å². The lowest BCUT2D eigenvalue weighted by atomic mass is 10.0. The van der Waals surface area contributed by atoms with E-state index in [1.165, 1.54) is 12.3 Å². The number of carbonyl (C=O) groups is 1. The molecule has 0 saturated carbocycles. The summed E-state index contributed by atoms with van der Waals surface area (Å²) in [6, 6.07) is 14.0. The van der Waals surface area contributed by atoms with Gasteiger partial charge in [-0.1, -0.05) is 18.7 Å². The van der Waals surface area contributed by atoms with E-state index in [0.717, 1.165) is 23.9 Å². The number of hydrogen-bond donors (Lipinski definition) is 4. The third-order valence-corrected chi connectivity index (χ3v) is 6.09. The standard InChI is InChI=1S/C27H26FN7O2/c1-2-23(36)33-19-9-10-30-21(13-19)24-20(28)8-5-17-15-32-27(35-25(17)24)34-18-6-3-16(4-7-18)26-22(14-29)31-11-12-37-26/h2-10,13,15,22,26,31H,1,11-12,14,29H2,(H,30,33,36)(H,32,34,35)/t22?,26-/m0/s1. The Labute approximate surface area is 213 Å². The summed E-state index contributed by atoms with van der Waals surface area (Å²) in [5, 5.41) is 9.87. The topological polar surface area (TPSA) is 127 Å². The Bertz CT molecular complexity index is 1440. The van der Waals surface area contributed by atoms with E-state index in [4.69, 9.17) is 10.5 Å². The van der Waals surface area contributed by atoms with Gasteiger partial charge in [-0.15, -0.1) is 0 Å². The fourth-order valence-corrected chi connectivity index (χ4v) is 4.29. The van der Waals surface area contributed by atoms with Crippen LogP contribution in [0, 0.1) is 5.82 Å². The molecular weight excluding hydrogens is 473 g/mol. The van der Waals surface area contributed by atoms with Crippen molar-refractivity contribution < 1.29 is 13.9 Å². The van der Waals surface area contributed by atoms with Crippen LogP contribution in [0.5, 0.6) is 0 Å². The number of nitrogens with two attached hydrogens (primary N) is 1. The number of carbonyl (C=O) groups excluding carboxylic acids is 1. The number of ether oxygens (including phenoxy) is 1. The minimum absolute atomic E-state index is 0.0573. The summed E-state index contributed by atoms with van der Waals surface area (Å²) in [7, 11) is 0. The van der Waals surface area contributed by atoms with Crippen LogP contribution in [-0.4, -0.2) is 46.6 Å². The fraction of sp³-hybridized carbons (Fsp3) is 0.185. The van der Waals surface area contributed by atoms with Crippen molar-refractivity contribution >= 4 is 34.1 Å². The highest BCUT2D eigenvalue weighted by Crippen LogP contribution is 2.31. The van der Waals surface area contributed by atoms with Gasteiger partial charge in [-0.05, 0) is 48.0 Å². The number of aromatic nitrogens is 3. The van der Waals surface area contributed by atoms with Crippen molar-refractivity contribution in [3.8, 4) is 11.3 Å². The second kappa shape index (κ2) is 10.8. The maximum absolute atomic E-state index is 15.1. The van der Waals surface area contributed by atoms with Crippen molar-refractivity contribution in [2.45, 2.75) is 12.1 Å². The van der Waals surface area contributed by atoms with E-state index >= 15 is 4.39 Å². The minimum atomic E-state index is -0.489. The van der Waals surface area contributed by atoms with Crippen molar-refractivity contribution in [2.24, 2.45) is 5.73 Å². The van der Waals surface area contributed by atoms with Crippen LogP contribution < -0.4 is 21.7 Å². The van der Waals surface area contributed by atoms with Gasteiger partial charge >= 0.3 is 0 Å². The van der Waals surface area contributed by atoms with E-state index in [9.17, 15) is 4.79 Å². The predicted molar refractivity (Wildman–Crippen MR) is 141 cm³/mol. The van der Waals surface area contributed by atoms with E-state index < -0.39 is 5.82 Å². The molecule has 4 aromatic rings. The Balaban J connectivity index is 1.44. The molecule has 1 fully saturated rings. The molecule has 0 spiro atoms. The lowest BCUT2D eigenvalue weighted by Crippen LogP contribution is -2.47. The summed E-state index contributed by atoms with van der Waals surface area (Å²) in [5.74, 6) is -0.560. The number of morpholine rings is 1. The number of pyridine rings is 1. The van der Waals surface area contributed by atoms with Crippen molar-refractivity contribution in [2.75, 3.05) is 30.3 Å². The maximum Gasteiger partial charge on any atom is 0.247 e. The van der Waals surface area contributed by atoms with E-state index in [1.807, 2.05) is 24.3 Å². The summed E-state index contributed by atoms with van der Waals surface area (Å²) in [6.45, 7) is 5.33. The highest BCUT2D eigenvalue weighted by atomic mass is 19.1. The zero-order valence-electron chi connectivity index (χ0n) is 19.9. The number of benzene rings is 2. The summed E-state index contributed by atoms with van der Waals surface area (Å²) in [4.78, 5) is 25.0. The van der Waals surface area contributed by atoms with Gasteiger partial charge in [0.2, 0.25) is 11.9 Å². The summed E-state index contributed by atoms with van der Waals surface area (Å²) in [5.41, 5.74) is 9.06. The third kappa shape index (κ3) is 5.31. The molecule has 2 aromatic carbocycles.